The molecule has 4 N–H and O–H groups in total. The van der Waals surface area contributed by atoms with Crippen molar-refractivity contribution < 1.29 is 39.5 Å². The molecule has 0 saturated heterocycles. The number of hydrogen-bond donors (Lipinski definition) is 4. The summed E-state index contributed by atoms with van der Waals surface area (Å²) in [5.41, 5.74) is 0. The van der Waals surface area contributed by atoms with Crippen LogP contribution in [0.2, 0.25) is 0 Å². The van der Waals surface area contributed by atoms with Gasteiger partial charge in [0, 0.05) is 19.3 Å². The third kappa shape index (κ3) is 70.7. The quantitative estimate of drug-likeness (QED) is 0.0269. The average molecular weight is 921 g/mol. The molecular formula is C57H108O8. The van der Waals surface area contributed by atoms with Crippen LogP contribution in [-0.4, -0.2) is 57.7 Å². The highest BCUT2D eigenvalue weighted by molar-refractivity contribution is 5.69. The third-order valence-electron chi connectivity index (χ3n) is 11.6. The summed E-state index contributed by atoms with van der Waals surface area (Å²) in [5, 5.41) is 34.7. The van der Waals surface area contributed by atoms with Crippen molar-refractivity contribution in [2.24, 2.45) is 0 Å². The number of carbonyl (C=O) groups is 3. The maximum absolute atomic E-state index is 11.4. The molecule has 384 valence electrons. The van der Waals surface area contributed by atoms with E-state index in [1.165, 1.54) is 199 Å². The van der Waals surface area contributed by atoms with Crippen LogP contribution in [0.25, 0.3) is 0 Å². The van der Waals surface area contributed by atoms with Gasteiger partial charge in [-0.2, -0.15) is 0 Å². The van der Waals surface area contributed by atoms with Crippen molar-refractivity contribution in [1.29, 1.82) is 0 Å². The van der Waals surface area contributed by atoms with E-state index in [1.54, 1.807) is 0 Å². The molecule has 0 amide bonds. The van der Waals surface area contributed by atoms with Crippen molar-refractivity contribution in [3.05, 3.63) is 36.5 Å². The zero-order valence-electron chi connectivity index (χ0n) is 43.1. The molecule has 65 heavy (non-hydrogen) atoms. The SMILES string of the molecule is CCCCC/C=C\C/C=C\CCCCCCCC(=O)O.CCCCCCCC/C=C\CCCCCCCC(=O)O.CCCCCCCCCCCCCCCCCC(=O)OCC(O)CO. The minimum Gasteiger partial charge on any atom is -0.481 e. The number of aliphatic carboxylic acids is 2. The number of unbranched alkanes of at least 4 members (excludes halogenated alkanes) is 33. The lowest BCUT2D eigenvalue weighted by molar-refractivity contribution is -0.147. The van der Waals surface area contributed by atoms with Gasteiger partial charge in [0.15, 0.2) is 0 Å². The van der Waals surface area contributed by atoms with Crippen molar-refractivity contribution in [2.75, 3.05) is 13.2 Å². The summed E-state index contributed by atoms with van der Waals surface area (Å²) in [6.45, 7) is 6.29. The van der Waals surface area contributed by atoms with Gasteiger partial charge in [-0.3, -0.25) is 14.4 Å². The molecule has 1 atom stereocenters. The minimum atomic E-state index is -0.954. The first-order valence-corrected chi connectivity index (χ1v) is 27.6. The summed E-state index contributed by atoms with van der Waals surface area (Å²) in [4.78, 5) is 32.0. The van der Waals surface area contributed by atoms with E-state index < -0.39 is 18.0 Å². The standard InChI is InChI=1S/C21H42O4.C18H34O2.C18H32O2/c1-2-3-4-5-6-7-8-9-10-11-12-13-14-15-16-17-21(24)25-19-20(23)18-22;2*1-2-3-4-5-6-7-8-9-10-11-12-13-14-15-16-17-18(19)20/h20,22-23H,2-19H2,1H3;9-10H,2-8,11-17H2,1H3,(H,19,20);6-7,9-10H,2-5,8,11-17H2,1H3,(H,19,20)/b;10-9-;7-6-,10-9-. The Kier molecular flexibility index (Phi) is 63.3. The Morgan fingerprint density at radius 1 is 0.385 bits per heavy atom. The van der Waals surface area contributed by atoms with E-state index >= 15 is 0 Å². The van der Waals surface area contributed by atoms with Gasteiger partial charge in [0.1, 0.15) is 12.7 Å². The summed E-state index contributed by atoms with van der Waals surface area (Å²) in [7, 11) is 0. The van der Waals surface area contributed by atoms with Crippen LogP contribution < -0.4 is 0 Å². The van der Waals surface area contributed by atoms with Crippen molar-refractivity contribution in [1.82, 2.24) is 0 Å². The van der Waals surface area contributed by atoms with Crippen LogP contribution in [0, 0.1) is 0 Å². The molecule has 0 spiro atoms. The number of aliphatic hydroxyl groups is 2. The minimum absolute atomic E-state index is 0.103. The summed E-state index contributed by atoms with van der Waals surface area (Å²) in [5.74, 6) is -1.61. The Labute approximate surface area is 402 Å². The number of carbonyl (C=O) groups excluding carboxylic acids is 1. The Bertz CT molecular complexity index is 1040. The first kappa shape index (κ1) is 66.8. The smallest absolute Gasteiger partial charge is 0.305 e. The lowest BCUT2D eigenvalue weighted by atomic mass is 10.0. The van der Waals surface area contributed by atoms with Gasteiger partial charge in [-0.05, 0) is 77.0 Å². The van der Waals surface area contributed by atoms with Crippen LogP contribution in [-0.2, 0) is 19.1 Å². The summed E-state index contributed by atoms with van der Waals surface area (Å²) in [6.07, 6.45) is 62.5. The van der Waals surface area contributed by atoms with Crippen LogP contribution in [0.15, 0.2) is 36.5 Å². The fourth-order valence-electron chi connectivity index (χ4n) is 7.39. The maximum Gasteiger partial charge on any atom is 0.305 e. The van der Waals surface area contributed by atoms with E-state index in [9.17, 15) is 14.4 Å². The number of rotatable bonds is 48. The molecule has 8 nitrogen and oxygen atoms in total. The van der Waals surface area contributed by atoms with Crippen LogP contribution in [0.3, 0.4) is 0 Å². The van der Waals surface area contributed by atoms with Crippen molar-refractivity contribution in [3.8, 4) is 0 Å². The number of hydrogen-bond acceptors (Lipinski definition) is 6. The molecule has 0 aromatic rings. The Hall–Kier alpha value is -2.45. The van der Waals surface area contributed by atoms with Crippen molar-refractivity contribution in [2.45, 2.75) is 297 Å². The van der Waals surface area contributed by atoms with Gasteiger partial charge >= 0.3 is 17.9 Å². The number of carboxylic acid groups (broad SMARTS) is 2. The van der Waals surface area contributed by atoms with Gasteiger partial charge in [0.25, 0.3) is 0 Å². The Morgan fingerprint density at radius 3 is 0.969 bits per heavy atom. The fraction of sp³-hybridized carbons (Fsp3) is 0.842. The van der Waals surface area contributed by atoms with E-state index in [2.05, 4.69) is 57.2 Å². The lowest BCUT2D eigenvalue weighted by Crippen LogP contribution is -2.21. The zero-order valence-corrected chi connectivity index (χ0v) is 43.1. The van der Waals surface area contributed by atoms with E-state index in [-0.39, 0.29) is 19.2 Å². The lowest BCUT2D eigenvalue weighted by Gasteiger charge is -2.08. The van der Waals surface area contributed by atoms with E-state index in [0.29, 0.717) is 19.3 Å². The highest BCUT2D eigenvalue weighted by Crippen LogP contribution is 2.15. The topological polar surface area (TPSA) is 141 Å². The second-order valence-electron chi connectivity index (χ2n) is 18.3. The predicted molar refractivity (Wildman–Crippen MR) is 278 cm³/mol. The number of allylic oxidation sites excluding steroid dienone is 6. The van der Waals surface area contributed by atoms with Gasteiger partial charge in [-0.15, -0.1) is 0 Å². The largest absolute Gasteiger partial charge is 0.481 e. The maximum atomic E-state index is 11.4. The van der Waals surface area contributed by atoms with Gasteiger partial charge in [0.2, 0.25) is 0 Å². The average Bonchev–Trinajstić information content (AvgIpc) is 3.29. The molecule has 0 fully saturated rings. The normalized spacial score (nSPS) is 11.8. The summed E-state index contributed by atoms with van der Waals surface area (Å²) >= 11 is 0. The van der Waals surface area contributed by atoms with E-state index in [1.807, 2.05) is 0 Å². The van der Waals surface area contributed by atoms with Crippen LogP contribution in [0.5, 0.6) is 0 Å². The number of carboxylic acids is 2. The molecule has 0 aliphatic rings. The first-order valence-electron chi connectivity index (χ1n) is 27.6. The molecule has 1 unspecified atom stereocenters. The molecule has 0 bridgehead atoms. The van der Waals surface area contributed by atoms with E-state index in [4.69, 9.17) is 25.2 Å². The highest BCUT2D eigenvalue weighted by Gasteiger charge is 2.07. The monoisotopic (exact) mass is 921 g/mol. The zero-order chi connectivity index (χ0) is 48.4. The van der Waals surface area contributed by atoms with Crippen molar-refractivity contribution >= 4 is 17.9 Å². The number of ether oxygens (including phenoxy) is 1. The summed E-state index contributed by atoms with van der Waals surface area (Å²) < 4.78 is 4.86. The Morgan fingerprint density at radius 2 is 0.646 bits per heavy atom. The van der Waals surface area contributed by atoms with Crippen LogP contribution >= 0.6 is 0 Å². The third-order valence-corrected chi connectivity index (χ3v) is 11.6. The summed E-state index contributed by atoms with van der Waals surface area (Å²) in [6, 6.07) is 0. The molecule has 0 aromatic carbocycles. The number of esters is 1. The molecule has 0 radical (unpaired) electrons. The molecule has 0 saturated carbocycles. The first-order chi connectivity index (χ1) is 31.7. The van der Waals surface area contributed by atoms with Gasteiger partial charge < -0.3 is 25.2 Å². The fourth-order valence-corrected chi connectivity index (χ4v) is 7.39. The van der Waals surface area contributed by atoms with Crippen molar-refractivity contribution in [3.63, 3.8) is 0 Å². The van der Waals surface area contributed by atoms with Gasteiger partial charge in [0.05, 0.1) is 6.61 Å². The molecule has 0 heterocycles. The molecule has 0 aliphatic carbocycles. The molecule has 0 aromatic heterocycles. The highest BCUT2D eigenvalue weighted by atomic mass is 16.5. The van der Waals surface area contributed by atoms with Crippen LogP contribution in [0.1, 0.15) is 290 Å². The second kappa shape index (κ2) is 61.5. The molecule has 0 aliphatic heterocycles. The van der Waals surface area contributed by atoms with Crippen LogP contribution in [0.4, 0.5) is 0 Å². The molecule has 0 rings (SSSR count). The molecule has 8 heteroatoms. The van der Waals surface area contributed by atoms with Gasteiger partial charge in [-0.25, -0.2) is 0 Å². The Balaban J connectivity index is -0.000000896. The van der Waals surface area contributed by atoms with Gasteiger partial charge in [-0.1, -0.05) is 231 Å². The predicted octanol–water partition coefficient (Wildman–Crippen LogP) is 17.1. The second-order valence-corrected chi connectivity index (χ2v) is 18.3. The number of aliphatic hydroxyl groups excluding tert-OH is 2. The van der Waals surface area contributed by atoms with E-state index in [0.717, 1.165) is 51.4 Å². The molecular weight excluding hydrogens is 813 g/mol.